The first-order valence-electron chi connectivity index (χ1n) is 6.66. The van der Waals surface area contributed by atoms with Crippen molar-refractivity contribution in [2.24, 2.45) is 11.7 Å². The predicted octanol–water partition coefficient (Wildman–Crippen LogP) is -0.728. The average Bonchev–Trinajstić information content (AvgIpc) is 2.68. The van der Waals surface area contributed by atoms with Crippen molar-refractivity contribution in [1.29, 1.82) is 0 Å². The zero-order chi connectivity index (χ0) is 14.7. The van der Waals surface area contributed by atoms with Crippen LogP contribution < -0.4 is 5.73 Å². The molecule has 0 radical (unpaired) electrons. The summed E-state index contributed by atoms with van der Waals surface area (Å²) in [6.07, 6.45) is -1.29. The second-order valence-electron chi connectivity index (χ2n) is 5.74. The van der Waals surface area contributed by atoms with Crippen molar-refractivity contribution in [3.05, 3.63) is 0 Å². The number of hydrogen-bond acceptors (Lipinski definition) is 5. The zero-order valence-corrected chi connectivity index (χ0v) is 11.7. The normalized spacial score (nSPS) is 26.6. The van der Waals surface area contributed by atoms with Crippen molar-refractivity contribution in [2.45, 2.75) is 57.9 Å². The molecule has 1 amide bonds. The molecule has 1 rings (SSSR count). The number of carbonyl (C=O) groups excluding carboxylic acids is 2. The van der Waals surface area contributed by atoms with Gasteiger partial charge >= 0.3 is 0 Å². The number of likely N-dealkylation sites (tertiary alicyclic amines) is 1. The fraction of sp³-hybridized carbons (Fsp3) is 0.846. The fourth-order valence-corrected chi connectivity index (χ4v) is 2.47. The smallest absolute Gasteiger partial charge is 0.253 e. The highest BCUT2D eigenvalue weighted by molar-refractivity contribution is 5.90. The zero-order valence-electron chi connectivity index (χ0n) is 11.7. The average molecular weight is 272 g/mol. The van der Waals surface area contributed by atoms with Crippen molar-refractivity contribution in [3.63, 3.8) is 0 Å². The quantitative estimate of drug-likeness (QED) is 0.612. The summed E-state index contributed by atoms with van der Waals surface area (Å²) in [5.74, 6) is -0.482. The molecule has 1 saturated heterocycles. The summed E-state index contributed by atoms with van der Waals surface area (Å²) >= 11 is 0. The third kappa shape index (κ3) is 3.99. The van der Waals surface area contributed by atoms with E-state index < -0.39 is 30.2 Å². The molecular weight excluding hydrogens is 248 g/mol. The van der Waals surface area contributed by atoms with E-state index in [-0.39, 0.29) is 24.7 Å². The molecule has 1 aliphatic rings. The minimum atomic E-state index is -1.32. The third-order valence-electron chi connectivity index (χ3n) is 3.43. The molecule has 110 valence electrons. The number of aliphatic hydroxyl groups excluding tert-OH is 2. The number of Topliss-reactive ketones (excluding diaryl/α,β-unsaturated/α-hetero) is 1. The highest BCUT2D eigenvalue weighted by Crippen LogP contribution is 2.21. The van der Waals surface area contributed by atoms with Crippen molar-refractivity contribution in [1.82, 2.24) is 4.90 Å². The first-order chi connectivity index (χ1) is 8.73. The molecule has 6 nitrogen and oxygen atoms in total. The molecule has 0 spiro atoms. The van der Waals surface area contributed by atoms with Crippen LogP contribution in [0.3, 0.4) is 0 Å². The van der Waals surface area contributed by atoms with Crippen LogP contribution in [-0.2, 0) is 9.59 Å². The number of amides is 1. The van der Waals surface area contributed by atoms with E-state index in [4.69, 9.17) is 5.73 Å². The number of hydrogen-bond donors (Lipinski definition) is 3. The van der Waals surface area contributed by atoms with Crippen molar-refractivity contribution in [3.8, 4) is 0 Å². The Hall–Kier alpha value is -0.980. The molecule has 0 aromatic heterocycles. The highest BCUT2D eigenvalue weighted by atomic mass is 16.3. The van der Waals surface area contributed by atoms with Gasteiger partial charge in [0.05, 0.1) is 12.1 Å². The van der Waals surface area contributed by atoms with Gasteiger partial charge in [-0.1, -0.05) is 13.8 Å². The largest absolute Gasteiger partial charge is 0.391 e. The molecule has 6 heteroatoms. The van der Waals surface area contributed by atoms with Crippen LogP contribution in [0.5, 0.6) is 0 Å². The predicted molar refractivity (Wildman–Crippen MR) is 70.2 cm³/mol. The van der Waals surface area contributed by atoms with E-state index in [1.807, 2.05) is 13.8 Å². The van der Waals surface area contributed by atoms with Gasteiger partial charge in [-0.05, 0) is 19.3 Å². The molecular formula is C13H24N2O4. The van der Waals surface area contributed by atoms with Gasteiger partial charge in [-0.25, -0.2) is 0 Å². The standard InChI is InChI=1S/C13H24N2O4/c1-7(2)4-10(14)12(18)13(19)15-6-9(17)5-11(15)8(3)16/h7,9-12,17-18H,4-6,14H2,1-3H3/t9?,10-,11?,12+/m1/s1. The first kappa shape index (κ1) is 16.1. The Kier molecular flexibility index (Phi) is 5.46. The summed E-state index contributed by atoms with van der Waals surface area (Å²) < 4.78 is 0. The lowest BCUT2D eigenvalue weighted by Gasteiger charge is -2.28. The van der Waals surface area contributed by atoms with Gasteiger partial charge in [0.25, 0.3) is 5.91 Å². The molecule has 4 N–H and O–H groups in total. The molecule has 1 heterocycles. The Morgan fingerprint density at radius 3 is 2.47 bits per heavy atom. The molecule has 1 aliphatic heterocycles. The summed E-state index contributed by atoms with van der Waals surface area (Å²) in [5, 5.41) is 19.5. The summed E-state index contributed by atoms with van der Waals surface area (Å²) in [7, 11) is 0. The second kappa shape index (κ2) is 6.45. The maximum Gasteiger partial charge on any atom is 0.253 e. The molecule has 2 unspecified atom stereocenters. The van der Waals surface area contributed by atoms with Crippen molar-refractivity contribution in [2.75, 3.05) is 6.54 Å². The number of ketones is 1. The van der Waals surface area contributed by atoms with Gasteiger partial charge in [0.1, 0.15) is 6.10 Å². The number of nitrogens with zero attached hydrogens (tertiary/aromatic N) is 1. The lowest BCUT2D eigenvalue weighted by atomic mass is 9.99. The van der Waals surface area contributed by atoms with Gasteiger partial charge in [0, 0.05) is 19.0 Å². The molecule has 0 aliphatic carbocycles. The lowest BCUT2D eigenvalue weighted by Crippen LogP contribution is -2.51. The number of β-amino-alcohol motifs (C(OH)–C–C–N with tert-alkyl or cyclic N) is 1. The minimum Gasteiger partial charge on any atom is -0.391 e. The Morgan fingerprint density at radius 1 is 1.42 bits per heavy atom. The third-order valence-corrected chi connectivity index (χ3v) is 3.43. The van der Waals surface area contributed by atoms with Gasteiger partial charge in [0.2, 0.25) is 0 Å². The summed E-state index contributed by atoms with van der Waals surface area (Å²) in [6, 6.07) is -1.30. The van der Waals surface area contributed by atoms with E-state index in [9.17, 15) is 19.8 Å². The van der Waals surface area contributed by atoms with Crippen molar-refractivity contribution >= 4 is 11.7 Å². The Labute approximate surface area is 113 Å². The molecule has 1 fully saturated rings. The van der Waals surface area contributed by atoms with Crippen LogP contribution in [0.15, 0.2) is 0 Å². The maximum atomic E-state index is 12.2. The highest BCUT2D eigenvalue weighted by Gasteiger charge is 2.40. The van der Waals surface area contributed by atoms with Crippen LogP contribution >= 0.6 is 0 Å². The number of nitrogens with two attached hydrogens (primary N) is 1. The Morgan fingerprint density at radius 2 is 2.00 bits per heavy atom. The number of aliphatic hydroxyl groups is 2. The van der Waals surface area contributed by atoms with Gasteiger partial charge in [-0.3, -0.25) is 9.59 Å². The Bertz CT molecular complexity index is 346. The van der Waals surface area contributed by atoms with Gasteiger partial charge < -0.3 is 20.8 Å². The van der Waals surface area contributed by atoms with Gasteiger partial charge in [0.15, 0.2) is 5.78 Å². The van der Waals surface area contributed by atoms with E-state index in [0.717, 1.165) is 0 Å². The van der Waals surface area contributed by atoms with Crippen molar-refractivity contribution < 1.29 is 19.8 Å². The molecule has 0 aromatic carbocycles. The molecule has 0 aromatic rings. The summed E-state index contributed by atoms with van der Waals surface area (Å²) in [4.78, 5) is 24.9. The molecule has 19 heavy (non-hydrogen) atoms. The SMILES string of the molecule is CC(=O)C1CC(O)CN1C(=O)[C@@H](O)[C@H](N)CC(C)C. The van der Waals surface area contributed by atoms with E-state index in [1.165, 1.54) is 11.8 Å². The fourth-order valence-electron chi connectivity index (χ4n) is 2.47. The van der Waals surface area contributed by atoms with E-state index >= 15 is 0 Å². The van der Waals surface area contributed by atoms with Crippen LogP contribution in [0, 0.1) is 5.92 Å². The molecule has 0 saturated carbocycles. The van der Waals surface area contributed by atoms with E-state index in [0.29, 0.717) is 6.42 Å². The summed E-state index contributed by atoms with van der Waals surface area (Å²) in [5.41, 5.74) is 5.80. The molecule has 0 bridgehead atoms. The van der Waals surface area contributed by atoms with Crippen LogP contribution in [0.2, 0.25) is 0 Å². The maximum absolute atomic E-state index is 12.2. The van der Waals surface area contributed by atoms with Gasteiger partial charge in [-0.15, -0.1) is 0 Å². The molecule has 4 atom stereocenters. The Balaban J connectivity index is 2.72. The van der Waals surface area contributed by atoms with Crippen LogP contribution in [0.25, 0.3) is 0 Å². The van der Waals surface area contributed by atoms with Gasteiger partial charge in [-0.2, -0.15) is 0 Å². The summed E-state index contributed by atoms with van der Waals surface area (Å²) in [6.45, 7) is 5.36. The number of rotatable bonds is 5. The van der Waals surface area contributed by atoms with Crippen LogP contribution in [-0.4, -0.2) is 57.6 Å². The number of carbonyl (C=O) groups is 2. The second-order valence-corrected chi connectivity index (χ2v) is 5.74. The lowest BCUT2D eigenvalue weighted by molar-refractivity contribution is -0.145. The van der Waals surface area contributed by atoms with E-state index in [1.54, 1.807) is 0 Å². The minimum absolute atomic E-state index is 0.0779. The topological polar surface area (TPSA) is 104 Å². The van der Waals surface area contributed by atoms with Crippen LogP contribution in [0.4, 0.5) is 0 Å². The van der Waals surface area contributed by atoms with Crippen LogP contribution in [0.1, 0.15) is 33.6 Å². The van der Waals surface area contributed by atoms with E-state index in [2.05, 4.69) is 0 Å². The first-order valence-corrected chi connectivity index (χ1v) is 6.66. The monoisotopic (exact) mass is 272 g/mol.